The van der Waals surface area contributed by atoms with Crippen LogP contribution in [0.3, 0.4) is 0 Å². The Hall–Kier alpha value is -2.24. The molecule has 0 aliphatic rings. The predicted octanol–water partition coefficient (Wildman–Crippen LogP) is 1.13. The molecule has 1 aromatic carbocycles. The molecule has 0 radical (unpaired) electrons. The van der Waals surface area contributed by atoms with Gasteiger partial charge in [0.2, 0.25) is 0 Å². The summed E-state index contributed by atoms with van der Waals surface area (Å²) in [7, 11) is 0. The number of benzene rings is 1. The van der Waals surface area contributed by atoms with Crippen LogP contribution in [-0.4, -0.2) is 31.3 Å². The van der Waals surface area contributed by atoms with Crippen LogP contribution in [0.25, 0.3) is 0 Å². The second-order valence-electron chi connectivity index (χ2n) is 3.99. The second kappa shape index (κ2) is 5.90. The summed E-state index contributed by atoms with van der Waals surface area (Å²) < 4.78 is 1.71. The van der Waals surface area contributed by atoms with E-state index in [0.717, 1.165) is 11.4 Å². The van der Waals surface area contributed by atoms with Crippen LogP contribution < -0.4 is 0 Å². The number of carboxylic acids is 1. The minimum Gasteiger partial charge on any atom is -0.481 e. The van der Waals surface area contributed by atoms with Crippen molar-refractivity contribution < 1.29 is 9.90 Å². The van der Waals surface area contributed by atoms with Gasteiger partial charge in [0.1, 0.15) is 0 Å². The maximum Gasteiger partial charge on any atom is 0.303 e. The van der Waals surface area contributed by atoms with Crippen molar-refractivity contribution in [2.75, 3.05) is 0 Å². The fourth-order valence-electron chi connectivity index (χ4n) is 1.68. The van der Waals surface area contributed by atoms with Gasteiger partial charge in [0, 0.05) is 12.8 Å². The lowest BCUT2D eigenvalue weighted by Gasteiger charge is -2.03. The molecule has 2 aromatic rings. The lowest BCUT2D eigenvalue weighted by molar-refractivity contribution is -0.137. The van der Waals surface area contributed by atoms with E-state index in [4.69, 9.17) is 5.11 Å². The van der Waals surface area contributed by atoms with Crippen LogP contribution in [0.5, 0.6) is 0 Å². The third-order valence-corrected chi connectivity index (χ3v) is 2.57. The third-order valence-electron chi connectivity index (χ3n) is 2.57. The highest BCUT2D eigenvalue weighted by Gasteiger charge is 2.07. The zero-order valence-corrected chi connectivity index (χ0v) is 9.86. The van der Waals surface area contributed by atoms with Crippen molar-refractivity contribution in [3.05, 3.63) is 41.7 Å². The van der Waals surface area contributed by atoms with Crippen LogP contribution in [0.4, 0.5) is 0 Å². The summed E-state index contributed by atoms with van der Waals surface area (Å²) in [6, 6.07) is 9.88. The Balaban J connectivity index is 1.97. The van der Waals surface area contributed by atoms with Gasteiger partial charge in [-0.2, -0.15) is 0 Å². The van der Waals surface area contributed by atoms with Gasteiger partial charge in [0.25, 0.3) is 0 Å². The molecule has 94 valence electrons. The lowest BCUT2D eigenvalue weighted by Crippen LogP contribution is -2.08. The molecule has 6 heteroatoms. The molecule has 0 aliphatic heterocycles. The Labute approximate surface area is 104 Å². The fourth-order valence-corrected chi connectivity index (χ4v) is 1.68. The second-order valence-corrected chi connectivity index (χ2v) is 3.99. The van der Waals surface area contributed by atoms with Crippen LogP contribution in [-0.2, 0) is 17.8 Å². The van der Waals surface area contributed by atoms with Gasteiger partial charge in [-0.15, -0.1) is 5.10 Å². The van der Waals surface area contributed by atoms with Crippen LogP contribution in [0, 0.1) is 0 Å². The molecule has 0 saturated carbocycles. The van der Waals surface area contributed by atoms with Gasteiger partial charge >= 0.3 is 5.97 Å². The van der Waals surface area contributed by atoms with Gasteiger partial charge < -0.3 is 5.11 Å². The van der Waals surface area contributed by atoms with Crippen LogP contribution in [0.15, 0.2) is 30.3 Å². The number of hydrogen-bond acceptors (Lipinski definition) is 4. The maximum absolute atomic E-state index is 10.4. The number of hydrogen-bond donors (Lipinski definition) is 1. The molecule has 0 unspecified atom stereocenters. The average Bonchev–Trinajstić information content (AvgIpc) is 2.78. The maximum atomic E-state index is 10.4. The van der Waals surface area contributed by atoms with Crippen molar-refractivity contribution in [3.8, 4) is 0 Å². The molecular weight excluding hydrogens is 232 g/mol. The van der Waals surface area contributed by atoms with Crippen molar-refractivity contribution in [1.82, 2.24) is 20.2 Å². The number of aliphatic carboxylic acids is 1. The van der Waals surface area contributed by atoms with Crippen molar-refractivity contribution in [1.29, 1.82) is 0 Å². The van der Waals surface area contributed by atoms with Crippen molar-refractivity contribution in [2.45, 2.75) is 25.8 Å². The van der Waals surface area contributed by atoms with E-state index < -0.39 is 5.97 Å². The molecule has 0 saturated heterocycles. The van der Waals surface area contributed by atoms with Crippen molar-refractivity contribution >= 4 is 5.97 Å². The smallest absolute Gasteiger partial charge is 0.303 e. The number of rotatable bonds is 6. The highest BCUT2D eigenvalue weighted by Crippen LogP contribution is 2.05. The summed E-state index contributed by atoms with van der Waals surface area (Å²) in [5.74, 6) is -0.0720. The number of carboxylic acid groups (broad SMARTS) is 1. The molecule has 0 bridgehead atoms. The number of aryl methyl sites for hydroxylation is 1. The van der Waals surface area contributed by atoms with E-state index in [-0.39, 0.29) is 6.42 Å². The van der Waals surface area contributed by atoms with Crippen LogP contribution in [0.1, 0.15) is 24.2 Å². The van der Waals surface area contributed by atoms with Gasteiger partial charge in [0.05, 0.1) is 6.54 Å². The summed E-state index contributed by atoms with van der Waals surface area (Å²) in [6.45, 7) is 0.607. The minimum atomic E-state index is -0.794. The zero-order valence-electron chi connectivity index (χ0n) is 9.86. The number of tetrazole rings is 1. The summed E-state index contributed by atoms with van der Waals surface area (Å²) in [6.07, 6.45) is 1.26. The Morgan fingerprint density at radius 2 is 2.06 bits per heavy atom. The summed E-state index contributed by atoms with van der Waals surface area (Å²) in [5.41, 5.74) is 1.12. The number of nitrogens with zero attached hydrogens (tertiary/aromatic N) is 4. The van der Waals surface area contributed by atoms with Gasteiger partial charge in [-0.1, -0.05) is 30.3 Å². The van der Waals surface area contributed by atoms with E-state index in [1.165, 1.54) is 0 Å². The molecule has 0 amide bonds. The number of aromatic nitrogens is 4. The van der Waals surface area contributed by atoms with E-state index in [9.17, 15) is 4.79 Å². The molecule has 18 heavy (non-hydrogen) atoms. The molecule has 0 fully saturated rings. The third kappa shape index (κ3) is 3.38. The SMILES string of the molecule is O=C(O)CCCc1nnnn1Cc1ccccc1. The molecule has 2 rings (SSSR count). The molecule has 0 spiro atoms. The van der Waals surface area contributed by atoms with Crippen molar-refractivity contribution in [2.24, 2.45) is 0 Å². The Bertz CT molecular complexity index is 510. The number of carbonyl (C=O) groups is 1. The summed E-state index contributed by atoms with van der Waals surface area (Å²) in [4.78, 5) is 10.4. The van der Waals surface area contributed by atoms with Crippen LogP contribution >= 0.6 is 0 Å². The van der Waals surface area contributed by atoms with E-state index >= 15 is 0 Å². The Morgan fingerprint density at radius 1 is 1.28 bits per heavy atom. The predicted molar refractivity (Wildman–Crippen MR) is 63.9 cm³/mol. The van der Waals surface area contributed by atoms with Gasteiger partial charge in [0.15, 0.2) is 5.82 Å². The Morgan fingerprint density at radius 3 is 2.78 bits per heavy atom. The molecule has 1 aromatic heterocycles. The Kier molecular flexibility index (Phi) is 4.01. The van der Waals surface area contributed by atoms with Crippen molar-refractivity contribution in [3.63, 3.8) is 0 Å². The normalized spacial score (nSPS) is 10.4. The highest BCUT2D eigenvalue weighted by atomic mass is 16.4. The van der Waals surface area contributed by atoms with E-state index in [2.05, 4.69) is 15.5 Å². The van der Waals surface area contributed by atoms with E-state index in [1.807, 2.05) is 30.3 Å². The standard InChI is InChI=1S/C12H14N4O2/c17-12(18)8-4-7-11-13-14-15-16(11)9-10-5-2-1-3-6-10/h1-3,5-6H,4,7-9H2,(H,17,18). The first-order chi connectivity index (χ1) is 8.75. The monoisotopic (exact) mass is 246 g/mol. The molecule has 6 nitrogen and oxygen atoms in total. The molecule has 0 aliphatic carbocycles. The summed E-state index contributed by atoms with van der Waals surface area (Å²) in [5, 5.41) is 20.1. The average molecular weight is 246 g/mol. The minimum absolute atomic E-state index is 0.137. The van der Waals surface area contributed by atoms with Gasteiger partial charge in [-0.25, -0.2) is 4.68 Å². The molecule has 1 N–H and O–H groups in total. The quantitative estimate of drug-likeness (QED) is 0.826. The molecular formula is C12H14N4O2. The topological polar surface area (TPSA) is 80.9 Å². The van der Waals surface area contributed by atoms with E-state index in [0.29, 0.717) is 19.4 Å². The molecule has 1 heterocycles. The molecule has 0 atom stereocenters. The van der Waals surface area contributed by atoms with Crippen LogP contribution in [0.2, 0.25) is 0 Å². The fraction of sp³-hybridized carbons (Fsp3) is 0.333. The van der Waals surface area contributed by atoms with Gasteiger partial charge in [-0.05, 0) is 22.4 Å². The van der Waals surface area contributed by atoms with Gasteiger partial charge in [-0.3, -0.25) is 4.79 Å². The zero-order chi connectivity index (χ0) is 12.8. The first-order valence-corrected chi connectivity index (χ1v) is 5.76. The first-order valence-electron chi connectivity index (χ1n) is 5.76. The first kappa shape index (κ1) is 12.2. The summed E-state index contributed by atoms with van der Waals surface area (Å²) >= 11 is 0. The largest absolute Gasteiger partial charge is 0.481 e. The van der Waals surface area contributed by atoms with E-state index in [1.54, 1.807) is 4.68 Å². The highest BCUT2D eigenvalue weighted by molar-refractivity contribution is 5.66. The lowest BCUT2D eigenvalue weighted by atomic mass is 10.2.